The highest BCUT2D eigenvalue weighted by atomic mass is 16.5. The molecule has 0 unspecified atom stereocenters. The molecule has 104 valence electrons. The van der Waals surface area contributed by atoms with Gasteiger partial charge in [-0.1, -0.05) is 18.6 Å². The van der Waals surface area contributed by atoms with Crippen LogP contribution in [0, 0.1) is 5.41 Å². The zero-order chi connectivity index (χ0) is 13.9. The van der Waals surface area contributed by atoms with Gasteiger partial charge in [0.15, 0.2) is 5.78 Å². The molecule has 1 aromatic carbocycles. The van der Waals surface area contributed by atoms with E-state index in [1.807, 2.05) is 38.1 Å². The fourth-order valence-electron chi connectivity index (χ4n) is 2.59. The molecular weight excluding hydrogens is 238 g/mol. The number of carbonyl (C=O) groups excluding carboxylic acids is 1. The zero-order valence-corrected chi connectivity index (χ0v) is 11.8. The van der Waals surface area contributed by atoms with Crippen molar-refractivity contribution in [2.75, 3.05) is 6.54 Å². The predicted octanol–water partition coefficient (Wildman–Crippen LogP) is 3.18. The van der Waals surface area contributed by atoms with Crippen molar-refractivity contribution in [3.8, 4) is 5.75 Å². The fraction of sp³-hybridized carbons (Fsp3) is 0.562. The van der Waals surface area contributed by atoms with Crippen molar-refractivity contribution in [2.24, 2.45) is 11.1 Å². The monoisotopic (exact) mass is 261 g/mol. The molecule has 1 aliphatic carbocycles. The molecule has 2 rings (SSSR count). The van der Waals surface area contributed by atoms with Crippen molar-refractivity contribution in [1.82, 2.24) is 0 Å². The number of ether oxygens (including phenoxy) is 1. The van der Waals surface area contributed by atoms with Gasteiger partial charge in [0.05, 0.1) is 6.10 Å². The highest BCUT2D eigenvalue weighted by Gasteiger charge is 2.37. The highest BCUT2D eigenvalue weighted by Crippen LogP contribution is 2.43. The Bertz CT molecular complexity index is 444. The molecule has 0 radical (unpaired) electrons. The molecule has 1 aliphatic rings. The first kappa shape index (κ1) is 14.1. The molecule has 19 heavy (non-hydrogen) atoms. The molecule has 0 spiro atoms. The van der Waals surface area contributed by atoms with Gasteiger partial charge in [0.25, 0.3) is 0 Å². The van der Waals surface area contributed by atoms with E-state index in [2.05, 4.69) is 0 Å². The molecule has 3 heteroatoms. The van der Waals surface area contributed by atoms with Gasteiger partial charge in [-0.05, 0) is 50.8 Å². The molecule has 0 atom stereocenters. The standard InChI is InChI=1S/C16H23NO2/c1-12(2)19-14-6-3-5-13(9-14)15(18)10-16(11-17)7-4-8-16/h3,5-6,9,12H,4,7-8,10-11,17H2,1-2H3. The van der Waals surface area contributed by atoms with Crippen molar-refractivity contribution < 1.29 is 9.53 Å². The van der Waals surface area contributed by atoms with E-state index in [-0.39, 0.29) is 17.3 Å². The molecular formula is C16H23NO2. The van der Waals surface area contributed by atoms with Gasteiger partial charge in [0.2, 0.25) is 0 Å². The summed E-state index contributed by atoms with van der Waals surface area (Å²) in [6.45, 7) is 4.57. The van der Waals surface area contributed by atoms with Gasteiger partial charge in [-0.25, -0.2) is 0 Å². The summed E-state index contributed by atoms with van der Waals surface area (Å²) < 4.78 is 5.62. The molecule has 1 fully saturated rings. The summed E-state index contributed by atoms with van der Waals surface area (Å²) in [6.07, 6.45) is 4.04. The summed E-state index contributed by atoms with van der Waals surface area (Å²) >= 11 is 0. The average molecular weight is 261 g/mol. The van der Waals surface area contributed by atoms with Crippen LogP contribution in [0.25, 0.3) is 0 Å². The fourth-order valence-corrected chi connectivity index (χ4v) is 2.59. The Kier molecular flexibility index (Phi) is 4.25. The van der Waals surface area contributed by atoms with Crippen LogP contribution < -0.4 is 10.5 Å². The Morgan fingerprint density at radius 3 is 2.68 bits per heavy atom. The van der Waals surface area contributed by atoms with Gasteiger partial charge >= 0.3 is 0 Å². The van der Waals surface area contributed by atoms with Crippen LogP contribution in [0.5, 0.6) is 5.75 Å². The van der Waals surface area contributed by atoms with Crippen molar-refractivity contribution in [3.05, 3.63) is 29.8 Å². The van der Waals surface area contributed by atoms with Gasteiger partial charge in [-0.15, -0.1) is 0 Å². The summed E-state index contributed by atoms with van der Waals surface area (Å²) in [5.74, 6) is 0.940. The lowest BCUT2D eigenvalue weighted by Gasteiger charge is -2.40. The van der Waals surface area contributed by atoms with Crippen molar-refractivity contribution in [2.45, 2.75) is 45.6 Å². The van der Waals surface area contributed by atoms with Crippen molar-refractivity contribution in [3.63, 3.8) is 0 Å². The van der Waals surface area contributed by atoms with Crippen LogP contribution in [0.3, 0.4) is 0 Å². The summed E-state index contributed by atoms with van der Waals surface area (Å²) in [7, 11) is 0. The number of nitrogens with two attached hydrogens (primary N) is 1. The third-order valence-electron chi connectivity index (χ3n) is 3.91. The quantitative estimate of drug-likeness (QED) is 0.800. The molecule has 1 saturated carbocycles. The van der Waals surface area contributed by atoms with E-state index in [0.717, 1.165) is 24.2 Å². The Morgan fingerprint density at radius 1 is 1.42 bits per heavy atom. The number of Topliss-reactive ketones (excluding diaryl/α,β-unsaturated/α-hetero) is 1. The van der Waals surface area contributed by atoms with E-state index in [9.17, 15) is 4.79 Å². The van der Waals surface area contributed by atoms with Crippen molar-refractivity contribution in [1.29, 1.82) is 0 Å². The molecule has 0 heterocycles. The topological polar surface area (TPSA) is 52.3 Å². The molecule has 0 saturated heterocycles. The van der Waals surface area contributed by atoms with Crippen LogP contribution >= 0.6 is 0 Å². The van der Waals surface area contributed by atoms with Crippen LogP contribution in [0.1, 0.15) is 49.9 Å². The second kappa shape index (κ2) is 5.74. The number of rotatable bonds is 6. The number of benzene rings is 1. The molecule has 1 aromatic rings. The van der Waals surface area contributed by atoms with Crippen LogP contribution in [0.15, 0.2) is 24.3 Å². The smallest absolute Gasteiger partial charge is 0.163 e. The van der Waals surface area contributed by atoms with E-state index in [1.54, 1.807) is 0 Å². The first-order valence-electron chi connectivity index (χ1n) is 7.05. The minimum absolute atomic E-state index is 0.0615. The van der Waals surface area contributed by atoms with Gasteiger partial charge < -0.3 is 10.5 Å². The lowest BCUT2D eigenvalue weighted by molar-refractivity contribution is 0.0785. The molecule has 2 N–H and O–H groups in total. The van der Waals surface area contributed by atoms with E-state index in [4.69, 9.17) is 10.5 Å². The van der Waals surface area contributed by atoms with Gasteiger partial charge in [-0.3, -0.25) is 4.79 Å². The van der Waals surface area contributed by atoms with Crippen LogP contribution in [0.4, 0.5) is 0 Å². The zero-order valence-electron chi connectivity index (χ0n) is 11.8. The first-order valence-corrected chi connectivity index (χ1v) is 7.05. The van der Waals surface area contributed by atoms with E-state index >= 15 is 0 Å². The molecule has 0 aromatic heterocycles. The van der Waals surface area contributed by atoms with Gasteiger partial charge in [-0.2, -0.15) is 0 Å². The van der Waals surface area contributed by atoms with E-state index in [0.29, 0.717) is 13.0 Å². The maximum Gasteiger partial charge on any atom is 0.163 e. The third kappa shape index (κ3) is 3.35. The lowest BCUT2D eigenvalue weighted by Crippen LogP contribution is -2.39. The lowest BCUT2D eigenvalue weighted by atomic mass is 9.65. The largest absolute Gasteiger partial charge is 0.491 e. The summed E-state index contributed by atoms with van der Waals surface area (Å²) in [6, 6.07) is 7.46. The van der Waals surface area contributed by atoms with Crippen LogP contribution in [-0.4, -0.2) is 18.4 Å². The van der Waals surface area contributed by atoms with Crippen molar-refractivity contribution >= 4 is 5.78 Å². The highest BCUT2D eigenvalue weighted by molar-refractivity contribution is 5.96. The minimum atomic E-state index is 0.0615. The average Bonchev–Trinajstić information content (AvgIpc) is 2.33. The molecule has 0 aliphatic heterocycles. The summed E-state index contributed by atoms with van der Waals surface area (Å²) in [4.78, 5) is 12.3. The first-order chi connectivity index (χ1) is 9.04. The third-order valence-corrected chi connectivity index (χ3v) is 3.91. The van der Waals surface area contributed by atoms with Crippen LogP contribution in [-0.2, 0) is 0 Å². The molecule has 0 bridgehead atoms. The predicted molar refractivity (Wildman–Crippen MR) is 76.5 cm³/mol. The van der Waals surface area contributed by atoms with Gasteiger partial charge in [0, 0.05) is 12.0 Å². The number of hydrogen-bond donors (Lipinski definition) is 1. The summed E-state index contributed by atoms with van der Waals surface area (Å²) in [5, 5.41) is 0. The second-order valence-electron chi connectivity index (χ2n) is 5.85. The van der Waals surface area contributed by atoms with Gasteiger partial charge in [0.1, 0.15) is 5.75 Å². The second-order valence-corrected chi connectivity index (χ2v) is 5.85. The Labute approximate surface area is 115 Å². The SMILES string of the molecule is CC(C)Oc1cccc(C(=O)CC2(CN)CCC2)c1. The molecule has 3 nitrogen and oxygen atoms in total. The maximum atomic E-state index is 12.3. The van der Waals surface area contributed by atoms with E-state index in [1.165, 1.54) is 6.42 Å². The number of ketones is 1. The maximum absolute atomic E-state index is 12.3. The Balaban J connectivity index is 2.06. The van der Waals surface area contributed by atoms with E-state index < -0.39 is 0 Å². The number of carbonyl (C=O) groups is 1. The Hall–Kier alpha value is -1.35. The Morgan fingerprint density at radius 2 is 2.16 bits per heavy atom. The minimum Gasteiger partial charge on any atom is -0.491 e. The summed E-state index contributed by atoms with van der Waals surface area (Å²) in [5.41, 5.74) is 6.61. The normalized spacial score (nSPS) is 17.1. The molecule has 0 amide bonds. The van der Waals surface area contributed by atoms with Crippen LogP contribution in [0.2, 0.25) is 0 Å². The number of hydrogen-bond acceptors (Lipinski definition) is 3.